The fourth-order valence-electron chi connectivity index (χ4n) is 7.18. The van der Waals surface area contributed by atoms with E-state index in [1.807, 2.05) is 24.3 Å². The molecule has 0 aromatic heterocycles. The van der Waals surface area contributed by atoms with E-state index in [0.717, 1.165) is 24.8 Å². The monoisotopic (exact) mass is 795 g/mol. The summed E-state index contributed by atoms with van der Waals surface area (Å²) in [6.45, 7) is 1.16. The van der Waals surface area contributed by atoms with Gasteiger partial charge in [-0.05, 0) is 72.6 Å². The summed E-state index contributed by atoms with van der Waals surface area (Å²) < 4.78 is 12.0. The number of esters is 1. The van der Waals surface area contributed by atoms with Gasteiger partial charge in [-0.25, -0.2) is 4.79 Å². The SMILES string of the molecule is CCCC(NC(=O)C1Cc2cccc(c2)Oc2ccc(cc2)CCC(=O)NC(C2CCCCC2)C(=O)O1)C(=O)C(=O)NCC(=O)NC(C(=O)N(C)C)c1ccccc1. The normalized spacial score (nSPS) is 18.5. The van der Waals surface area contributed by atoms with E-state index in [9.17, 15) is 33.6 Å². The van der Waals surface area contributed by atoms with Gasteiger partial charge in [-0.3, -0.25) is 28.8 Å². The zero-order chi connectivity index (χ0) is 41.6. The van der Waals surface area contributed by atoms with Crippen LogP contribution in [0.3, 0.4) is 0 Å². The highest BCUT2D eigenvalue weighted by molar-refractivity contribution is 6.38. The molecule has 14 heteroatoms. The average Bonchev–Trinajstić information content (AvgIpc) is 3.23. The summed E-state index contributed by atoms with van der Waals surface area (Å²) in [5, 5.41) is 10.5. The Kier molecular flexibility index (Phi) is 15.5. The molecule has 4 atom stereocenters. The maximum atomic E-state index is 14.1. The number of Topliss-reactive ketones (excluding diaryl/α,β-unsaturated/α-hetero) is 1. The molecule has 0 spiro atoms. The van der Waals surface area contributed by atoms with Crippen molar-refractivity contribution in [2.24, 2.45) is 5.92 Å². The molecule has 1 saturated carbocycles. The minimum atomic E-state index is -1.45. The molecule has 4 bridgehead atoms. The van der Waals surface area contributed by atoms with Crippen molar-refractivity contribution < 1.29 is 43.0 Å². The molecule has 14 nitrogen and oxygen atoms in total. The van der Waals surface area contributed by atoms with E-state index in [1.54, 1.807) is 75.6 Å². The Hall–Kier alpha value is -6.05. The number of nitrogens with zero attached hydrogens (tertiary/aromatic N) is 1. The fourth-order valence-corrected chi connectivity index (χ4v) is 7.18. The second-order valence-electron chi connectivity index (χ2n) is 15.0. The Morgan fingerprint density at radius 1 is 0.828 bits per heavy atom. The number of fused-ring (bicyclic) bond motifs is 10. The predicted octanol–water partition coefficient (Wildman–Crippen LogP) is 3.86. The molecule has 5 amide bonds. The van der Waals surface area contributed by atoms with Crippen LogP contribution in [-0.4, -0.2) is 85.0 Å². The van der Waals surface area contributed by atoms with Crippen molar-refractivity contribution in [2.45, 2.75) is 95.4 Å². The van der Waals surface area contributed by atoms with Gasteiger partial charge in [-0.1, -0.05) is 87.2 Å². The average molecular weight is 796 g/mol. The number of likely N-dealkylation sites (N-methyl/N-ethyl adjacent to an activating group) is 1. The summed E-state index contributed by atoms with van der Waals surface area (Å²) in [5.74, 6) is -4.25. The molecule has 0 radical (unpaired) electrons. The number of rotatable bonds is 12. The molecular weight excluding hydrogens is 743 g/mol. The van der Waals surface area contributed by atoms with E-state index in [1.165, 1.54) is 4.90 Å². The van der Waals surface area contributed by atoms with Crippen LogP contribution in [0.25, 0.3) is 0 Å². The van der Waals surface area contributed by atoms with Crippen LogP contribution in [0.4, 0.5) is 0 Å². The van der Waals surface area contributed by atoms with Gasteiger partial charge in [0.05, 0.1) is 12.6 Å². The van der Waals surface area contributed by atoms with Crippen molar-refractivity contribution in [1.82, 2.24) is 26.2 Å². The van der Waals surface area contributed by atoms with Crippen LogP contribution in [-0.2, 0) is 51.1 Å². The van der Waals surface area contributed by atoms with Crippen molar-refractivity contribution in [3.05, 3.63) is 95.6 Å². The van der Waals surface area contributed by atoms with Gasteiger partial charge in [0.2, 0.25) is 23.5 Å². The Morgan fingerprint density at radius 2 is 1.55 bits per heavy atom. The lowest BCUT2D eigenvalue weighted by atomic mass is 9.83. The number of hydrogen-bond donors (Lipinski definition) is 4. The first-order valence-corrected chi connectivity index (χ1v) is 19.9. The van der Waals surface area contributed by atoms with Crippen molar-refractivity contribution in [3.63, 3.8) is 0 Å². The molecule has 0 saturated heterocycles. The van der Waals surface area contributed by atoms with Gasteiger partial charge in [0.25, 0.3) is 11.8 Å². The molecule has 58 heavy (non-hydrogen) atoms. The van der Waals surface area contributed by atoms with E-state index < -0.39 is 66.2 Å². The molecule has 3 aliphatic rings. The lowest BCUT2D eigenvalue weighted by Gasteiger charge is -2.31. The zero-order valence-corrected chi connectivity index (χ0v) is 33.3. The van der Waals surface area contributed by atoms with Gasteiger partial charge >= 0.3 is 5.97 Å². The number of nitrogens with one attached hydrogen (secondary N) is 4. The van der Waals surface area contributed by atoms with E-state index in [2.05, 4.69) is 21.3 Å². The largest absolute Gasteiger partial charge is 0.457 e. The first kappa shape index (κ1) is 43.1. The molecule has 2 heterocycles. The molecule has 308 valence electrons. The van der Waals surface area contributed by atoms with Crippen LogP contribution in [0.15, 0.2) is 78.9 Å². The fraction of sp³-hybridized carbons (Fsp3) is 0.432. The van der Waals surface area contributed by atoms with Crippen LogP contribution in [0.1, 0.15) is 81.0 Å². The highest BCUT2D eigenvalue weighted by Gasteiger charge is 2.37. The number of ether oxygens (including phenoxy) is 2. The number of carbonyl (C=O) groups is 7. The van der Waals surface area contributed by atoms with Gasteiger partial charge in [0.15, 0.2) is 6.10 Å². The molecule has 1 fully saturated rings. The number of hydrogen-bond acceptors (Lipinski definition) is 9. The summed E-state index contributed by atoms with van der Waals surface area (Å²) in [4.78, 5) is 95.3. The first-order valence-electron chi connectivity index (χ1n) is 19.9. The molecule has 2 aliphatic heterocycles. The van der Waals surface area contributed by atoms with Crippen LogP contribution < -0.4 is 26.0 Å². The Labute approximate surface area is 338 Å². The third-order valence-corrected chi connectivity index (χ3v) is 10.3. The standard InChI is InChI=1S/C44H53N5O9/c1-4-12-34(40(52)42(54)45-27-37(51)48-38(43(55)49(2)3)30-14-7-5-8-15-30)46-41(53)35-26-29-13-11-18-33(25-29)57-32-22-19-28(20-23-32)21-24-36(50)47-39(44(56)58-35)31-16-9-6-10-17-31/h5,7-8,11,13-15,18-20,22-23,25,31,34-35,38-39H,4,6,9-10,12,16-17,21,24,26-27H2,1-3H3,(H,45,54)(H,46,53)(H,47,50)(H,48,51). The van der Waals surface area contributed by atoms with Crippen molar-refractivity contribution >= 4 is 41.3 Å². The third kappa shape index (κ3) is 12.2. The van der Waals surface area contributed by atoms with E-state index in [4.69, 9.17) is 9.47 Å². The second kappa shape index (κ2) is 20.9. The lowest BCUT2D eigenvalue weighted by molar-refractivity contribution is -0.160. The summed E-state index contributed by atoms with van der Waals surface area (Å²) in [6, 6.07) is 19.6. The summed E-state index contributed by atoms with van der Waals surface area (Å²) in [5.41, 5.74) is 2.05. The van der Waals surface area contributed by atoms with Gasteiger partial charge < -0.3 is 35.6 Å². The Bertz CT molecular complexity index is 1930. The van der Waals surface area contributed by atoms with Crippen LogP contribution in [0, 0.1) is 5.92 Å². The van der Waals surface area contributed by atoms with Crippen LogP contribution in [0.5, 0.6) is 11.5 Å². The summed E-state index contributed by atoms with van der Waals surface area (Å²) in [6.07, 6.45) is 3.69. The van der Waals surface area contributed by atoms with Crippen molar-refractivity contribution in [3.8, 4) is 11.5 Å². The number of benzene rings is 3. The summed E-state index contributed by atoms with van der Waals surface area (Å²) in [7, 11) is 3.11. The molecule has 3 aromatic rings. The molecule has 6 rings (SSSR count). The van der Waals surface area contributed by atoms with E-state index in [0.29, 0.717) is 48.3 Å². The van der Waals surface area contributed by atoms with Gasteiger partial charge in [-0.15, -0.1) is 0 Å². The van der Waals surface area contributed by atoms with Crippen LogP contribution in [0.2, 0.25) is 0 Å². The van der Waals surface area contributed by atoms with Gasteiger partial charge in [-0.2, -0.15) is 0 Å². The van der Waals surface area contributed by atoms with Gasteiger partial charge in [0.1, 0.15) is 23.6 Å². The van der Waals surface area contributed by atoms with E-state index >= 15 is 0 Å². The first-order chi connectivity index (χ1) is 27.9. The Balaban J connectivity index is 1.33. The number of aryl methyl sites for hydroxylation is 1. The highest BCUT2D eigenvalue weighted by atomic mass is 16.5. The number of carbonyl (C=O) groups excluding carboxylic acids is 7. The van der Waals surface area contributed by atoms with Crippen LogP contribution >= 0.6 is 0 Å². The quantitative estimate of drug-likeness (QED) is 0.156. The third-order valence-electron chi connectivity index (χ3n) is 10.3. The smallest absolute Gasteiger partial charge is 0.329 e. The Morgan fingerprint density at radius 3 is 2.24 bits per heavy atom. The van der Waals surface area contributed by atoms with Gasteiger partial charge in [0, 0.05) is 26.9 Å². The zero-order valence-electron chi connectivity index (χ0n) is 33.3. The second-order valence-corrected chi connectivity index (χ2v) is 15.0. The highest BCUT2D eigenvalue weighted by Crippen LogP contribution is 2.29. The van der Waals surface area contributed by atoms with Crippen molar-refractivity contribution in [1.29, 1.82) is 0 Å². The molecule has 3 aromatic carbocycles. The lowest BCUT2D eigenvalue weighted by Crippen LogP contribution is -2.54. The minimum Gasteiger partial charge on any atom is -0.457 e. The molecular formula is C44H53N5O9. The van der Waals surface area contributed by atoms with E-state index in [-0.39, 0.29) is 31.1 Å². The predicted molar refractivity (Wildman–Crippen MR) is 214 cm³/mol. The number of amides is 5. The minimum absolute atomic E-state index is 0.0704. The number of ketones is 1. The maximum Gasteiger partial charge on any atom is 0.329 e. The molecule has 4 unspecified atom stereocenters. The maximum absolute atomic E-state index is 14.1. The molecule has 1 aliphatic carbocycles. The van der Waals surface area contributed by atoms with Crippen molar-refractivity contribution in [2.75, 3.05) is 20.6 Å². The molecule has 4 N–H and O–H groups in total. The topological polar surface area (TPSA) is 189 Å². The summed E-state index contributed by atoms with van der Waals surface area (Å²) >= 11 is 0.